The maximum Gasteiger partial charge on any atom is 0.195 e. The van der Waals surface area contributed by atoms with E-state index in [9.17, 15) is 18.0 Å². The standard InChI is InChI=1S/C56H38O4S2/c1-55(2)45-11-7-5-9-37(45)39-19-13-35(29-47(39)55)33-17-23-51-43(27-33)53(57)41-25-31(15-21-49(41)61(51)59)32-16-22-50-42(26-32)54(58)44-28-34(18-24-52(44)62(50)60)36-14-20-40-38-10-6-8-12-46(38)56(3,4)48(40)30-36/h5-30H,1-4H3. The maximum atomic E-state index is 14.4. The minimum absolute atomic E-state index is 0.167. The second-order valence-electron chi connectivity index (χ2n) is 17.9. The Morgan fingerprint density at radius 2 is 0.581 bits per heavy atom. The third-order valence-corrected chi connectivity index (χ3v) is 16.9. The smallest absolute Gasteiger partial charge is 0.195 e. The van der Waals surface area contributed by atoms with Crippen molar-refractivity contribution < 1.29 is 18.0 Å². The van der Waals surface area contributed by atoms with Crippen molar-refractivity contribution in [3.8, 4) is 55.6 Å². The van der Waals surface area contributed by atoms with E-state index >= 15 is 0 Å². The first-order valence-electron chi connectivity index (χ1n) is 20.9. The van der Waals surface area contributed by atoms with Crippen LogP contribution in [0.3, 0.4) is 0 Å². The number of rotatable bonds is 3. The molecule has 4 aliphatic rings. The SMILES string of the molecule is CC1(C)c2ccccc2-c2ccc(-c3ccc4c(c3)C(=O)c3cc(-c5ccc6c(c5)C(=O)c5cc(-c7ccc8c(c7)C(C)(C)c7ccccc7-8)ccc5S6=O)ccc3S4=O)cc21. The van der Waals surface area contributed by atoms with Crippen LogP contribution in [0.1, 0.15) is 81.8 Å². The van der Waals surface area contributed by atoms with Crippen molar-refractivity contribution in [2.75, 3.05) is 0 Å². The van der Waals surface area contributed by atoms with E-state index in [0.29, 0.717) is 53.0 Å². The number of hydrogen-bond acceptors (Lipinski definition) is 4. The van der Waals surface area contributed by atoms with Gasteiger partial charge in [-0.15, -0.1) is 0 Å². The van der Waals surface area contributed by atoms with Gasteiger partial charge >= 0.3 is 0 Å². The van der Waals surface area contributed by atoms with E-state index in [-0.39, 0.29) is 22.4 Å². The molecule has 2 atom stereocenters. The molecule has 12 rings (SSSR count). The molecule has 4 nitrogen and oxygen atoms in total. The number of carbonyl (C=O) groups excluding carboxylic acids is 2. The van der Waals surface area contributed by atoms with Crippen LogP contribution in [0.5, 0.6) is 0 Å². The lowest BCUT2D eigenvalue weighted by Gasteiger charge is -2.23. The number of benzene rings is 8. The van der Waals surface area contributed by atoms with Gasteiger partial charge in [-0.2, -0.15) is 0 Å². The van der Waals surface area contributed by atoms with Gasteiger partial charge in [0.2, 0.25) is 0 Å². The van der Waals surface area contributed by atoms with Gasteiger partial charge in [-0.3, -0.25) is 9.59 Å². The Labute approximate surface area is 365 Å². The fourth-order valence-corrected chi connectivity index (χ4v) is 13.1. The van der Waals surface area contributed by atoms with Crippen LogP contribution in [0, 0.1) is 0 Å². The molecule has 298 valence electrons. The predicted molar refractivity (Wildman–Crippen MR) is 247 cm³/mol. The lowest BCUT2D eigenvalue weighted by Crippen LogP contribution is -2.17. The molecule has 0 saturated carbocycles. The molecule has 2 heterocycles. The van der Waals surface area contributed by atoms with Crippen molar-refractivity contribution in [2.24, 2.45) is 0 Å². The van der Waals surface area contributed by atoms with E-state index < -0.39 is 21.6 Å². The molecule has 0 N–H and O–H groups in total. The molecule has 0 aromatic heterocycles. The van der Waals surface area contributed by atoms with Crippen molar-refractivity contribution in [3.05, 3.63) is 202 Å². The minimum Gasteiger partial charge on any atom is -0.289 e. The average molecular weight is 839 g/mol. The van der Waals surface area contributed by atoms with Crippen LogP contribution in [0.25, 0.3) is 55.6 Å². The molecule has 0 radical (unpaired) electrons. The Bertz CT molecular complexity index is 3210. The van der Waals surface area contributed by atoms with Gasteiger partial charge in [0.05, 0.1) is 41.2 Å². The van der Waals surface area contributed by atoms with Crippen molar-refractivity contribution in [3.63, 3.8) is 0 Å². The minimum atomic E-state index is -1.56. The van der Waals surface area contributed by atoms with Crippen LogP contribution in [-0.4, -0.2) is 20.0 Å². The summed E-state index contributed by atoms with van der Waals surface area (Å²) >= 11 is 0. The maximum absolute atomic E-state index is 14.4. The van der Waals surface area contributed by atoms with Crippen LogP contribution < -0.4 is 0 Å². The van der Waals surface area contributed by atoms with Gasteiger partial charge in [-0.1, -0.05) is 125 Å². The zero-order valence-corrected chi connectivity index (χ0v) is 36.1. The van der Waals surface area contributed by atoms with Gasteiger partial charge in [-0.05, 0) is 139 Å². The van der Waals surface area contributed by atoms with Crippen molar-refractivity contribution in [2.45, 2.75) is 58.1 Å². The summed E-state index contributed by atoms with van der Waals surface area (Å²) in [5.74, 6) is -0.384. The molecule has 62 heavy (non-hydrogen) atoms. The summed E-state index contributed by atoms with van der Waals surface area (Å²) in [6, 6.07) is 52.2. The lowest BCUT2D eigenvalue weighted by molar-refractivity contribution is 0.102. The van der Waals surface area contributed by atoms with E-state index in [1.807, 2.05) is 48.5 Å². The molecule has 6 heteroatoms. The van der Waals surface area contributed by atoms with E-state index in [1.54, 1.807) is 24.3 Å². The molecule has 2 aliphatic carbocycles. The summed E-state index contributed by atoms with van der Waals surface area (Å²) in [4.78, 5) is 30.7. The van der Waals surface area contributed by atoms with Crippen molar-refractivity contribution >= 4 is 33.2 Å². The summed E-state index contributed by atoms with van der Waals surface area (Å²) in [6.07, 6.45) is 0. The molecule has 0 amide bonds. The Hall–Kier alpha value is -6.60. The topological polar surface area (TPSA) is 68.3 Å². The lowest BCUT2D eigenvalue weighted by atomic mass is 9.81. The highest BCUT2D eigenvalue weighted by molar-refractivity contribution is 7.85. The highest BCUT2D eigenvalue weighted by Crippen LogP contribution is 2.51. The molecule has 0 fully saturated rings. The summed E-state index contributed by atoms with van der Waals surface area (Å²) in [7, 11) is -3.13. The first-order chi connectivity index (χ1) is 29.9. The Kier molecular flexibility index (Phi) is 7.77. The molecule has 2 aliphatic heterocycles. The third-order valence-electron chi connectivity index (χ3n) is 13.9. The normalized spacial score (nSPS) is 17.8. The summed E-state index contributed by atoms with van der Waals surface area (Å²) < 4.78 is 28.1. The first-order valence-corrected chi connectivity index (χ1v) is 23.2. The van der Waals surface area contributed by atoms with Gasteiger partial charge in [0.25, 0.3) is 0 Å². The van der Waals surface area contributed by atoms with Crippen LogP contribution in [0.2, 0.25) is 0 Å². The Morgan fingerprint density at radius 3 is 0.919 bits per heavy atom. The zero-order chi connectivity index (χ0) is 42.4. The molecule has 0 saturated heterocycles. The van der Waals surface area contributed by atoms with E-state index in [4.69, 9.17) is 0 Å². The second kappa shape index (κ2) is 13.0. The van der Waals surface area contributed by atoms with E-state index in [0.717, 1.165) is 22.3 Å². The summed E-state index contributed by atoms with van der Waals surface area (Å²) in [6.45, 7) is 8.99. The Morgan fingerprint density at radius 1 is 0.306 bits per heavy atom. The molecular weight excluding hydrogens is 801 g/mol. The molecule has 0 spiro atoms. The van der Waals surface area contributed by atoms with Crippen molar-refractivity contribution in [1.29, 1.82) is 0 Å². The largest absolute Gasteiger partial charge is 0.289 e. The number of carbonyl (C=O) groups is 2. The fraction of sp³-hybridized carbons (Fsp3) is 0.107. The monoisotopic (exact) mass is 838 g/mol. The molecule has 8 aromatic carbocycles. The Balaban J connectivity index is 0.869. The van der Waals surface area contributed by atoms with Crippen LogP contribution in [0.15, 0.2) is 177 Å². The average Bonchev–Trinajstić information content (AvgIpc) is 3.68. The zero-order valence-electron chi connectivity index (χ0n) is 34.5. The molecule has 8 aromatic rings. The highest BCUT2D eigenvalue weighted by Gasteiger charge is 2.38. The van der Waals surface area contributed by atoms with Crippen molar-refractivity contribution in [1.82, 2.24) is 0 Å². The van der Waals surface area contributed by atoms with Gasteiger partial charge < -0.3 is 0 Å². The summed E-state index contributed by atoms with van der Waals surface area (Å²) in [5, 5.41) is 0. The number of hydrogen-bond donors (Lipinski definition) is 0. The summed E-state index contributed by atoms with van der Waals surface area (Å²) in [5.41, 5.74) is 16.5. The predicted octanol–water partition coefficient (Wildman–Crippen LogP) is 12.7. The van der Waals surface area contributed by atoms with Gasteiger partial charge in [0.15, 0.2) is 11.6 Å². The van der Waals surface area contributed by atoms with Crippen LogP contribution in [0.4, 0.5) is 0 Å². The van der Waals surface area contributed by atoms with Crippen LogP contribution in [-0.2, 0) is 32.4 Å². The van der Waals surface area contributed by atoms with Gasteiger partial charge in [0.1, 0.15) is 0 Å². The van der Waals surface area contributed by atoms with Gasteiger partial charge in [-0.25, -0.2) is 8.42 Å². The molecule has 2 unspecified atom stereocenters. The highest BCUT2D eigenvalue weighted by atomic mass is 32.2. The van der Waals surface area contributed by atoms with Gasteiger partial charge in [0, 0.05) is 33.1 Å². The first kappa shape index (κ1) is 37.2. The second-order valence-corrected chi connectivity index (χ2v) is 20.7. The van der Waals surface area contributed by atoms with Crippen LogP contribution >= 0.6 is 0 Å². The molecule has 0 bridgehead atoms. The quantitative estimate of drug-likeness (QED) is 0.178. The van der Waals surface area contributed by atoms with E-state index in [1.165, 1.54) is 44.5 Å². The fourth-order valence-electron chi connectivity index (χ4n) is 10.5. The third kappa shape index (κ3) is 5.11. The van der Waals surface area contributed by atoms with E-state index in [2.05, 4.69) is 113 Å². The molecular formula is C56H38O4S2. The number of fused-ring (bicyclic) bond motifs is 10. The number of ketones is 2.